The Morgan fingerprint density at radius 3 is 1.81 bits per heavy atom. The minimum atomic E-state index is -3.59. The molecular formula is C19H23N3O4S. The molecule has 0 radical (unpaired) electrons. The molecule has 0 saturated carbocycles. The van der Waals surface area contributed by atoms with Crippen molar-refractivity contribution >= 4 is 33.2 Å². The maximum atomic E-state index is 12.4. The number of amides is 2. The molecule has 0 bridgehead atoms. The van der Waals surface area contributed by atoms with Gasteiger partial charge in [-0.2, -0.15) is 4.31 Å². The first-order valence-corrected chi connectivity index (χ1v) is 9.82. The van der Waals surface area contributed by atoms with Crippen LogP contribution in [-0.2, 0) is 14.8 Å². The van der Waals surface area contributed by atoms with E-state index in [2.05, 4.69) is 10.6 Å². The summed E-state index contributed by atoms with van der Waals surface area (Å²) in [4.78, 5) is 23.5. The zero-order valence-corrected chi connectivity index (χ0v) is 16.5. The van der Waals surface area contributed by atoms with Gasteiger partial charge in [0.05, 0.1) is 4.90 Å². The van der Waals surface area contributed by atoms with E-state index in [1.807, 2.05) is 0 Å². The maximum absolute atomic E-state index is 12.4. The molecule has 0 atom stereocenters. The van der Waals surface area contributed by atoms with Crippen LogP contribution in [0.15, 0.2) is 53.4 Å². The summed E-state index contributed by atoms with van der Waals surface area (Å²) in [6, 6.07) is 12.3. The molecule has 0 aliphatic heterocycles. The minimum Gasteiger partial charge on any atom is -0.326 e. The highest BCUT2D eigenvalue weighted by Gasteiger charge is 2.23. The van der Waals surface area contributed by atoms with Gasteiger partial charge in [-0.25, -0.2) is 8.42 Å². The number of benzene rings is 2. The molecule has 0 heterocycles. The van der Waals surface area contributed by atoms with E-state index in [-0.39, 0.29) is 22.8 Å². The zero-order valence-electron chi connectivity index (χ0n) is 15.7. The van der Waals surface area contributed by atoms with Gasteiger partial charge in [0.25, 0.3) is 5.91 Å². The normalized spacial score (nSPS) is 11.5. The van der Waals surface area contributed by atoms with E-state index in [1.54, 1.807) is 38.1 Å². The summed E-state index contributed by atoms with van der Waals surface area (Å²) in [6.07, 6.45) is 0. The Bertz CT molecular complexity index is 920. The lowest BCUT2D eigenvalue weighted by molar-refractivity contribution is -0.114. The van der Waals surface area contributed by atoms with Gasteiger partial charge in [0, 0.05) is 37.0 Å². The summed E-state index contributed by atoms with van der Waals surface area (Å²) in [5.74, 6) is -0.534. The number of carbonyl (C=O) groups is 2. The number of carbonyl (C=O) groups excluding carboxylic acids is 2. The summed E-state index contributed by atoms with van der Waals surface area (Å²) >= 11 is 0. The molecule has 2 amide bonds. The second kappa shape index (κ2) is 8.32. The standard InChI is InChI=1S/C19H23N3O4S/c1-13(2)22(4)27(25,26)18-11-5-15(6-12-18)19(24)21-17-9-7-16(8-10-17)20-14(3)23/h5-13H,1-4H3,(H,20,23)(H,21,24). The zero-order chi connectivity index (χ0) is 20.2. The molecule has 2 N–H and O–H groups in total. The van der Waals surface area contributed by atoms with Crippen molar-refractivity contribution in [1.29, 1.82) is 0 Å². The molecule has 0 aromatic heterocycles. The van der Waals surface area contributed by atoms with Crippen molar-refractivity contribution in [3.05, 3.63) is 54.1 Å². The van der Waals surface area contributed by atoms with Gasteiger partial charge in [0.2, 0.25) is 15.9 Å². The first kappa shape index (κ1) is 20.6. The maximum Gasteiger partial charge on any atom is 0.255 e. The molecular weight excluding hydrogens is 366 g/mol. The van der Waals surface area contributed by atoms with E-state index in [4.69, 9.17) is 0 Å². The Hall–Kier alpha value is -2.71. The molecule has 0 aliphatic carbocycles. The third-order valence-electron chi connectivity index (χ3n) is 3.98. The van der Waals surface area contributed by atoms with Crippen LogP contribution in [-0.4, -0.2) is 37.6 Å². The van der Waals surface area contributed by atoms with Gasteiger partial charge in [-0.15, -0.1) is 0 Å². The van der Waals surface area contributed by atoms with Crippen molar-refractivity contribution in [1.82, 2.24) is 4.31 Å². The fourth-order valence-electron chi connectivity index (χ4n) is 2.27. The lowest BCUT2D eigenvalue weighted by Crippen LogP contribution is -2.33. The van der Waals surface area contributed by atoms with Crippen LogP contribution in [0.5, 0.6) is 0 Å². The third-order valence-corrected chi connectivity index (χ3v) is 6.03. The van der Waals surface area contributed by atoms with Crippen molar-refractivity contribution in [2.24, 2.45) is 0 Å². The number of hydrogen-bond donors (Lipinski definition) is 2. The summed E-state index contributed by atoms with van der Waals surface area (Å²) in [6.45, 7) is 4.99. The Morgan fingerprint density at radius 1 is 0.889 bits per heavy atom. The molecule has 0 saturated heterocycles. The van der Waals surface area contributed by atoms with Crippen molar-refractivity contribution in [3.63, 3.8) is 0 Å². The van der Waals surface area contributed by atoms with E-state index < -0.39 is 10.0 Å². The molecule has 8 heteroatoms. The lowest BCUT2D eigenvalue weighted by atomic mass is 10.2. The summed E-state index contributed by atoms with van der Waals surface area (Å²) in [7, 11) is -2.07. The summed E-state index contributed by atoms with van der Waals surface area (Å²) in [5.41, 5.74) is 1.53. The van der Waals surface area contributed by atoms with Crippen LogP contribution in [0.1, 0.15) is 31.1 Å². The van der Waals surface area contributed by atoms with E-state index in [1.165, 1.54) is 42.5 Å². The fraction of sp³-hybridized carbons (Fsp3) is 0.263. The van der Waals surface area contributed by atoms with E-state index in [9.17, 15) is 18.0 Å². The number of nitrogens with zero attached hydrogens (tertiary/aromatic N) is 1. The Kier molecular flexibility index (Phi) is 6.35. The molecule has 7 nitrogen and oxygen atoms in total. The molecule has 2 rings (SSSR count). The molecule has 2 aromatic carbocycles. The number of rotatable bonds is 6. The van der Waals surface area contributed by atoms with Crippen molar-refractivity contribution in [2.75, 3.05) is 17.7 Å². The van der Waals surface area contributed by atoms with Crippen LogP contribution in [0.4, 0.5) is 11.4 Å². The Balaban J connectivity index is 2.10. The minimum absolute atomic E-state index is 0.134. The molecule has 0 unspecified atom stereocenters. The van der Waals surface area contributed by atoms with Gasteiger partial charge in [0.1, 0.15) is 0 Å². The van der Waals surface area contributed by atoms with Crippen molar-refractivity contribution in [2.45, 2.75) is 31.7 Å². The summed E-state index contributed by atoms with van der Waals surface area (Å²) < 4.78 is 26.2. The van der Waals surface area contributed by atoms with Crippen LogP contribution in [0, 0.1) is 0 Å². The SMILES string of the molecule is CC(=O)Nc1ccc(NC(=O)c2ccc(S(=O)(=O)N(C)C(C)C)cc2)cc1. The number of sulfonamides is 1. The van der Waals surface area contributed by atoms with Crippen LogP contribution in [0.3, 0.4) is 0 Å². The van der Waals surface area contributed by atoms with Crippen molar-refractivity contribution < 1.29 is 18.0 Å². The van der Waals surface area contributed by atoms with Gasteiger partial charge in [-0.1, -0.05) is 0 Å². The number of nitrogens with one attached hydrogen (secondary N) is 2. The molecule has 0 aliphatic rings. The average molecular weight is 389 g/mol. The molecule has 27 heavy (non-hydrogen) atoms. The molecule has 0 spiro atoms. The first-order chi connectivity index (χ1) is 12.6. The van der Waals surface area contributed by atoms with Gasteiger partial charge in [0.15, 0.2) is 0 Å². The average Bonchev–Trinajstić information content (AvgIpc) is 2.62. The number of anilines is 2. The van der Waals surface area contributed by atoms with E-state index in [0.29, 0.717) is 16.9 Å². The van der Waals surface area contributed by atoms with Crippen LogP contribution in [0.25, 0.3) is 0 Å². The van der Waals surface area contributed by atoms with E-state index >= 15 is 0 Å². The largest absolute Gasteiger partial charge is 0.326 e. The van der Waals surface area contributed by atoms with Gasteiger partial charge in [-0.3, -0.25) is 9.59 Å². The van der Waals surface area contributed by atoms with Crippen LogP contribution >= 0.6 is 0 Å². The quantitative estimate of drug-likeness (QED) is 0.794. The topological polar surface area (TPSA) is 95.6 Å². The van der Waals surface area contributed by atoms with Gasteiger partial charge >= 0.3 is 0 Å². The number of hydrogen-bond acceptors (Lipinski definition) is 4. The monoisotopic (exact) mass is 389 g/mol. The highest BCUT2D eigenvalue weighted by atomic mass is 32.2. The van der Waals surface area contributed by atoms with Crippen molar-refractivity contribution in [3.8, 4) is 0 Å². The highest BCUT2D eigenvalue weighted by molar-refractivity contribution is 7.89. The lowest BCUT2D eigenvalue weighted by Gasteiger charge is -2.21. The smallest absolute Gasteiger partial charge is 0.255 e. The molecule has 144 valence electrons. The first-order valence-electron chi connectivity index (χ1n) is 8.38. The third kappa shape index (κ3) is 5.15. The van der Waals surface area contributed by atoms with Gasteiger partial charge in [-0.05, 0) is 62.4 Å². The van der Waals surface area contributed by atoms with Crippen LogP contribution in [0.2, 0.25) is 0 Å². The van der Waals surface area contributed by atoms with Gasteiger partial charge < -0.3 is 10.6 Å². The second-order valence-corrected chi connectivity index (χ2v) is 8.35. The molecule has 0 fully saturated rings. The van der Waals surface area contributed by atoms with Crippen LogP contribution < -0.4 is 10.6 Å². The predicted molar refractivity (Wildman–Crippen MR) is 105 cm³/mol. The van der Waals surface area contributed by atoms with E-state index in [0.717, 1.165) is 0 Å². The summed E-state index contributed by atoms with van der Waals surface area (Å²) in [5, 5.41) is 5.37. The highest BCUT2D eigenvalue weighted by Crippen LogP contribution is 2.18. The fourth-order valence-corrected chi connectivity index (χ4v) is 3.63. The predicted octanol–water partition coefficient (Wildman–Crippen LogP) is 2.93. The molecule has 2 aromatic rings. The second-order valence-electron chi connectivity index (χ2n) is 6.35. The Morgan fingerprint density at radius 2 is 1.37 bits per heavy atom. The Labute approximate surface area is 159 Å².